The van der Waals surface area contributed by atoms with Crippen LogP contribution in [-0.2, 0) is 9.53 Å². The van der Waals surface area contributed by atoms with Crippen LogP contribution in [0.4, 0.5) is 10.2 Å². The maximum atomic E-state index is 14.5. The number of halogens is 2. The lowest BCUT2D eigenvalue weighted by atomic mass is 9.91. The fourth-order valence-electron chi connectivity index (χ4n) is 3.90. The number of hydrogen-bond acceptors (Lipinski definition) is 6. The molecule has 8 nitrogen and oxygen atoms in total. The predicted octanol–water partition coefficient (Wildman–Crippen LogP) is 3.69. The summed E-state index contributed by atoms with van der Waals surface area (Å²) in [5.74, 6) is -0.0363. The number of ether oxygens (including phenoxy) is 1. The second kappa shape index (κ2) is 9.57. The zero-order valence-electron chi connectivity index (χ0n) is 17.1. The van der Waals surface area contributed by atoms with E-state index in [1.807, 2.05) is 0 Å². The SMILES string of the molecule is COCCC(=O)N[C@@H]1CCC[C@H](Nc2nc(-c3c[nH]c4ncc(Cl)cc34)ncc2F)C1. The Morgan fingerprint density at radius 3 is 3.00 bits per heavy atom. The molecule has 10 heteroatoms. The van der Waals surface area contributed by atoms with E-state index in [-0.39, 0.29) is 23.8 Å². The standard InChI is InChI=1S/C21H24ClFN6O2/c1-31-6-5-18(30)27-13-3-2-4-14(8-13)28-21-17(23)11-26-20(29-21)16-10-25-19-15(16)7-12(22)9-24-19/h7,9-11,13-14H,2-6,8H2,1H3,(H,24,25)(H,27,30)(H,26,28,29)/t13-,14+/m1/s1. The van der Waals surface area contributed by atoms with Crippen molar-refractivity contribution in [1.29, 1.82) is 0 Å². The molecule has 0 saturated heterocycles. The molecule has 0 unspecified atom stereocenters. The zero-order valence-corrected chi connectivity index (χ0v) is 17.9. The average molecular weight is 447 g/mol. The van der Waals surface area contributed by atoms with Gasteiger partial charge in [0, 0.05) is 49.0 Å². The number of pyridine rings is 1. The Hall–Kier alpha value is -2.78. The number of nitrogens with one attached hydrogen (secondary N) is 3. The summed E-state index contributed by atoms with van der Waals surface area (Å²) in [6.07, 6.45) is 8.18. The van der Waals surface area contributed by atoms with Crippen LogP contribution in [0.2, 0.25) is 5.02 Å². The van der Waals surface area contributed by atoms with Gasteiger partial charge in [-0.05, 0) is 31.7 Å². The summed E-state index contributed by atoms with van der Waals surface area (Å²) in [6, 6.07) is 1.81. The molecule has 1 amide bonds. The highest BCUT2D eigenvalue weighted by atomic mass is 35.5. The monoisotopic (exact) mass is 446 g/mol. The molecule has 4 rings (SSSR count). The predicted molar refractivity (Wildman–Crippen MR) is 116 cm³/mol. The van der Waals surface area contributed by atoms with E-state index in [1.54, 1.807) is 25.6 Å². The van der Waals surface area contributed by atoms with E-state index in [9.17, 15) is 9.18 Å². The maximum absolute atomic E-state index is 14.5. The molecule has 2 atom stereocenters. The summed E-state index contributed by atoms with van der Waals surface area (Å²) < 4.78 is 19.4. The van der Waals surface area contributed by atoms with Gasteiger partial charge < -0.3 is 20.4 Å². The maximum Gasteiger partial charge on any atom is 0.222 e. The van der Waals surface area contributed by atoms with Crippen molar-refractivity contribution < 1.29 is 13.9 Å². The first-order valence-corrected chi connectivity index (χ1v) is 10.6. The van der Waals surface area contributed by atoms with E-state index in [1.165, 1.54) is 0 Å². The first-order valence-electron chi connectivity index (χ1n) is 10.2. The molecule has 31 heavy (non-hydrogen) atoms. The molecule has 0 aliphatic heterocycles. The number of methoxy groups -OCH3 is 1. The Labute approximate surface area is 184 Å². The highest BCUT2D eigenvalue weighted by molar-refractivity contribution is 6.31. The molecule has 0 bridgehead atoms. The molecule has 164 valence electrons. The largest absolute Gasteiger partial charge is 0.384 e. The van der Waals surface area contributed by atoms with Gasteiger partial charge in [0.05, 0.1) is 17.8 Å². The number of rotatable bonds is 7. The van der Waals surface area contributed by atoms with Gasteiger partial charge in [0.1, 0.15) is 5.65 Å². The molecule has 3 N–H and O–H groups in total. The van der Waals surface area contributed by atoms with E-state index in [2.05, 4.69) is 30.6 Å². The van der Waals surface area contributed by atoms with Crippen LogP contribution in [0, 0.1) is 5.82 Å². The Morgan fingerprint density at radius 2 is 2.16 bits per heavy atom. The van der Waals surface area contributed by atoms with Crippen molar-refractivity contribution in [1.82, 2.24) is 25.3 Å². The number of anilines is 1. The number of aromatic amines is 1. The van der Waals surface area contributed by atoms with Crippen LogP contribution in [0.25, 0.3) is 22.4 Å². The normalized spacial score (nSPS) is 18.8. The van der Waals surface area contributed by atoms with E-state index >= 15 is 0 Å². The molecular formula is C21H24ClFN6O2. The van der Waals surface area contributed by atoms with E-state index < -0.39 is 5.82 Å². The fraction of sp³-hybridized carbons (Fsp3) is 0.429. The molecule has 3 aromatic rings. The topological polar surface area (TPSA) is 105 Å². The van der Waals surface area contributed by atoms with Crippen LogP contribution < -0.4 is 10.6 Å². The Balaban J connectivity index is 1.48. The van der Waals surface area contributed by atoms with Crippen LogP contribution >= 0.6 is 11.6 Å². The lowest BCUT2D eigenvalue weighted by Crippen LogP contribution is -2.42. The molecular weight excluding hydrogens is 423 g/mol. The molecule has 1 aliphatic rings. The highest BCUT2D eigenvalue weighted by Crippen LogP contribution is 2.29. The number of carbonyl (C=O) groups excluding carboxylic acids is 1. The first kappa shape index (κ1) is 21.5. The third kappa shape index (κ3) is 5.11. The van der Waals surface area contributed by atoms with Crippen LogP contribution in [0.1, 0.15) is 32.1 Å². The van der Waals surface area contributed by atoms with Gasteiger partial charge in [-0.15, -0.1) is 0 Å². The second-order valence-corrected chi connectivity index (χ2v) is 8.09. The first-order chi connectivity index (χ1) is 15.0. The third-order valence-corrected chi connectivity index (χ3v) is 5.60. The van der Waals surface area contributed by atoms with Gasteiger partial charge in [0.2, 0.25) is 5.91 Å². The molecule has 3 aromatic heterocycles. The lowest BCUT2D eigenvalue weighted by Gasteiger charge is -2.30. The minimum absolute atomic E-state index is 0.00203. The number of nitrogens with zero attached hydrogens (tertiary/aromatic N) is 3. The molecule has 0 radical (unpaired) electrons. The minimum atomic E-state index is -0.522. The van der Waals surface area contributed by atoms with Gasteiger partial charge in [0.25, 0.3) is 0 Å². The number of aromatic nitrogens is 4. The summed E-state index contributed by atoms with van der Waals surface area (Å²) in [5.41, 5.74) is 1.35. The van der Waals surface area contributed by atoms with Crippen molar-refractivity contribution in [2.45, 2.75) is 44.2 Å². The van der Waals surface area contributed by atoms with E-state index in [0.29, 0.717) is 41.5 Å². The Kier molecular flexibility index (Phi) is 6.62. The quantitative estimate of drug-likeness (QED) is 0.511. The van der Waals surface area contributed by atoms with Crippen molar-refractivity contribution in [3.63, 3.8) is 0 Å². The average Bonchev–Trinajstić information content (AvgIpc) is 3.17. The molecule has 1 aliphatic carbocycles. The van der Waals surface area contributed by atoms with Crippen LogP contribution in [0.15, 0.2) is 24.7 Å². The number of carbonyl (C=O) groups is 1. The van der Waals surface area contributed by atoms with E-state index in [4.69, 9.17) is 16.3 Å². The molecule has 0 aromatic carbocycles. The fourth-order valence-corrected chi connectivity index (χ4v) is 4.06. The molecule has 3 heterocycles. The number of hydrogen-bond donors (Lipinski definition) is 3. The number of amides is 1. The number of H-pyrrole nitrogens is 1. The van der Waals surface area contributed by atoms with Gasteiger partial charge in [-0.1, -0.05) is 11.6 Å². The van der Waals surface area contributed by atoms with Gasteiger partial charge in [-0.25, -0.2) is 19.3 Å². The zero-order chi connectivity index (χ0) is 21.8. The van der Waals surface area contributed by atoms with Crippen molar-refractivity contribution in [2.24, 2.45) is 0 Å². The molecule has 1 fully saturated rings. The Morgan fingerprint density at radius 1 is 1.32 bits per heavy atom. The van der Waals surface area contributed by atoms with Gasteiger partial charge in [-0.3, -0.25) is 4.79 Å². The second-order valence-electron chi connectivity index (χ2n) is 7.66. The summed E-state index contributed by atoms with van der Waals surface area (Å²) >= 11 is 6.07. The van der Waals surface area contributed by atoms with Crippen LogP contribution in [0.3, 0.4) is 0 Å². The van der Waals surface area contributed by atoms with Crippen molar-refractivity contribution in [2.75, 3.05) is 19.0 Å². The highest BCUT2D eigenvalue weighted by Gasteiger charge is 2.24. The smallest absolute Gasteiger partial charge is 0.222 e. The summed E-state index contributed by atoms with van der Waals surface area (Å²) in [5, 5.41) is 7.50. The molecule has 1 saturated carbocycles. The minimum Gasteiger partial charge on any atom is -0.384 e. The van der Waals surface area contributed by atoms with Gasteiger partial charge in [-0.2, -0.15) is 0 Å². The molecule has 0 spiro atoms. The summed E-state index contributed by atoms with van der Waals surface area (Å²) in [4.78, 5) is 27.9. The van der Waals surface area contributed by atoms with Crippen molar-refractivity contribution in [3.05, 3.63) is 35.5 Å². The van der Waals surface area contributed by atoms with Crippen molar-refractivity contribution in [3.8, 4) is 11.4 Å². The summed E-state index contributed by atoms with van der Waals surface area (Å²) in [7, 11) is 1.57. The number of fused-ring (bicyclic) bond motifs is 1. The van der Waals surface area contributed by atoms with Crippen LogP contribution in [0.5, 0.6) is 0 Å². The van der Waals surface area contributed by atoms with E-state index in [0.717, 1.165) is 30.8 Å². The third-order valence-electron chi connectivity index (χ3n) is 5.40. The van der Waals surface area contributed by atoms with Gasteiger partial charge >= 0.3 is 0 Å². The van der Waals surface area contributed by atoms with Crippen LogP contribution in [-0.4, -0.2) is 51.6 Å². The summed E-state index contributed by atoms with van der Waals surface area (Å²) in [6.45, 7) is 0.393. The Bertz CT molecular complexity index is 1080. The van der Waals surface area contributed by atoms with Crippen molar-refractivity contribution >= 4 is 34.4 Å². The lowest BCUT2D eigenvalue weighted by molar-refractivity contribution is -0.122. The van der Waals surface area contributed by atoms with Gasteiger partial charge in [0.15, 0.2) is 17.5 Å².